The molecule has 0 aliphatic carbocycles. The third-order valence-electron chi connectivity index (χ3n) is 2.32. The van der Waals surface area contributed by atoms with Gasteiger partial charge >= 0.3 is 0 Å². The van der Waals surface area contributed by atoms with Gasteiger partial charge < -0.3 is 11.1 Å². The lowest BCUT2D eigenvalue weighted by Gasteiger charge is -2.08. The molecule has 1 aromatic carbocycles. The first kappa shape index (κ1) is 10.1. The van der Waals surface area contributed by atoms with Crippen LogP contribution in [0.5, 0.6) is 0 Å². The molecule has 0 spiro atoms. The second-order valence-corrected chi connectivity index (χ2v) is 4.56. The van der Waals surface area contributed by atoms with Gasteiger partial charge in [-0.2, -0.15) is 0 Å². The molecule has 0 saturated heterocycles. The van der Waals surface area contributed by atoms with E-state index in [9.17, 15) is 0 Å². The molecule has 2 nitrogen and oxygen atoms in total. The van der Waals surface area contributed by atoms with Crippen molar-refractivity contribution in [3.8, 4) is 0 Å². The zero-order chi connectivity index (χ0) is 10.8. The van der Waals surface area contributed by atoms with E-state index in [-0.39, 0.29) is 0 Å². The summed E-state index contributed by atoms with van der Waals surface area (Å²) in [5.41, 5.74) is 10.1. The minimum atomic E-state index is 0.794. The third kappa shape index (κ3) is 2.13. The minimum Gasteiger partial charge on any atom is -0.397 e. The van der Waals surface area contributed by atoms with E-state index in [1.807, 2.05) is 19.1 Å². The normalized spacial score (nSPS) is 10.3. The Bertz CT molecular complexity index is 474. The van der Waals surface area contributed by atoms with E-state index in [1.54, 1.807) is 11.3 Å². The van der Waals surface area contributed by atoms with E-state index < -0.39 is 0 Å². The first-order valence-electron chi connectivity index (χ1n) is 4.84. The zero-order valence-corrected chi connectivity index (χ0v) is 9.69. The Morgan fingerprint density at radius 1 is 1.20 bits per heavy atom. The molecule has 0 fully saturated rings. The predicted octanol–water partition coefficient (Wildman–Crippen LogP) is 3.69. The van der Waals surface area contributed by atoms with Crippen LogP contribution in [-0.2, 0) is 0 Å². The monoisotopic (exact) mass is 218 g/mol. The van der Waals surface area contributed by atoms with Crippen LogP contribution in [0.1, 0.15) is 11.1 Å². The number of nitrogens with two attached hydrogens (primary N) is 1. The second kappa shape index (κ2) is 3.95. The fourth-order valence-corrected chi connectivity index (χ4v) is 2.25. The number of nitrogens with one attached hydrogen (secondary N) is 1. The van der Waals surface area contributed by atoms with Crippen LogP contribution in [-0.4, -0.2) is 0 Å². The van der Waals surface area contributed by atoms with Crippen molar-refractivity contribution in [2.75, 3.05) is 11.1 Å². The molecular formula is C12H14N2S. The number of anilines is 3. The molecule has 1 aromatic heterocycles. The number of thiophene rings is 1. The lowest BCUT2D eigenvalue weighted by atomic mass is 10.2. The van der Waals surface area contributed by atoms with Crippen LogP contribution in [0.4, 0.5) is 16.4 Å². The third-order valence-corrected chi connectivity index (χ3v) is 3.25. The Labute approximate surface area is 93.7 Å². The molecule has 78 valence electrons. The van der Waals surface area contributed by atoms with Gasteiger partial charge in [0.2, 0.25) is 0 Å². The Kier molecular flexibility index (Phi) is 2.64. The number of aryl methyl sites for hydroxylation is 2. The molecule has 1 heterocycles. The molecule has 0 unspecified atom stereocenters. The van der Waals surface area contributed by atoms with Crippen molar-refractivity contribution in [1.29, 1.82) is 0 Å². The smallest absolute Gasteiger partial charge is 0.0956 e. The van der Waals surface area contributed by atoms with E-state index in [0.29, 0.717) is 0 Å². The quantitative estimate of drug-likeness (QED) is 0.754. The highest BCUT2D eigenvalue weighted by Gasteiger charge is 2.02. The maximum atomic E-state index is 5.93. The van der Waals surface area contributed by atoms with E-state index in [4.69, 9.17) is 5.73 Å². The lowest BCUT2D eigenvalue weighted by molar-refractivity contribution is 1.45. The first-order valence-corrected chi connectivity index (χ1v) is 5.72. The molecule has 15 heavy (non-hydrogen) atoms. The molecule has 0 amide bonds. The summed E-state index contributed by atoms with van der Waals surface area (Å²) in [4.78, 5) is 0. The summed E-state index contributed by atoms with van der Waals surface area (Å²) in [6.45, 7) is 4.12. The average molecular weight is 218 g/mol. The average Bonchev–Trinajstić information content (AvgIpc) is 2.57. The molecule has 3 heteroatoms. The molecule has 2 rings (SSSR count). The number of hydrogen-bond acceptors (Lipinski definition) is 3. The minimum absolute atomic E-state index is 0.794. The lowest BCUT2D eigenvalue weighted by Crippen LogP contribution is -1.96. The topological polar surface area (TPSA) is 38.0 Å². The summed E-state index contributed by atoms with van der Waals surface area (Å²) in [5.74, 6) is 0. The molecule has 0 aliphatic rings. The Balaban J connectivity index is 2.29. The standard InChI is InChI=1S/C12H14N2S/c1-8-3-4-11(10(13)7-8)14-12-9(2)5-6-15-12/h3-7,14H,13H2,1-2H3. The van der Waals surface area contributed by atoms with Crippen LogP contribution in [0.2, 0.25) is 0 Å². The molecule has 2 aromatic rings. The van der Waals surface area contributed by atoms with E-state index in [2.05, 4.69) is 29.8 Å². The van der Waals surface area contributed by atoms with E-state index >= 15 is 0 Å². The van der Waals surface area contributed by atoms with Crippen molar-refractivity contribution in [3.63, 3.8) is 0 Å². The highest BCUT2D eigenvalue weighted by Crippen LogP contribution is 2.29. The second-order valence-electron chi connectivity index (χ2n) is 3.65. The van der Waals surface area contributed by atoms with Gasteiger partial charge in [-0.25, -0.2) is 0 Å². The zero-order valence-electron chi connectivity index (χ0n) is 8.87. The SMILES string of the molecule is Cc1ccc(Nc2sccc2C)c(N)c1. The van der Waals surface area contributed by atoms with Gasteiger partial charge in [-0.05, 0) is 48.6 Å². The van der Waals surface area contributed by atoms with Crippen LogP contribution in [0.15, 0.2) is 29.6 Å². The van der Waals surface area contributed by atoms with Gasteiger partial charge in [0.25, 0.3) is 0 Å². The van der Waals surface area contributed by atoms with Crippen LogP contribution in [0.25, 0.3) is 0 Å². The maximum Gasteiger partial charge on any atom is 0.0956 e. The van der Waals surface area contributed by atoms with Gasteiger partial charge in [-0.1, -0.05) is 6.07 Å². The van der Waals surface area contributed by atoms with Gasteiger partial charge in [0, 0.05) is 0 Å². The number of nitrogen functional groups attached to an aromatic ring is 1. The predicted molar refractivity (Wildman–Crippen MR) is 67.9 cm³/mol. The van der Waals surface area contributed by atoms with Crippen molar-refractivity contribution >= 4 is 27.7 Å². The van der Waals surface area contributed by atoms with Gasteiger partial charge in [0.05, 0.1) is 16.4 Å². The Morgan fingerprint density at radius 3 is 2.60 bits per heavy atom. The van der Waals surface area contributed by atoms with Crippen LogP contribution in [0, 0.1) is 13.8 Å². The summed E-state index contributed by atoms with van der Waals surface area (Å²) in [6.07, 6.45) is 0. The number of benzene rings is 1. The number of rotatable bonds is 2. The molecule has 0 saturated carbocycles. The molecule has 0 atom stereocenters. The van der Waals surface area contributed by atoms with E-state index in [0.717, 1.165) is 16.4 Å². The van der Waals surface area contributed by atoms with Gasteiger partial charge in [0.15, 0.2) is 0 Å². The van der Waals surface area contributed by atoms with Crippen LogP contribution < -0.4 is 11.1 Å². The van der Waals surface area contributed by atoms with Crippen molar-refractivity contribution < 1.29 is 0 Å². The molecular weight excluding hydrogens is 204 g/mol. The summed E-state index contributed by atoms with van der Waals surface area (Å²) in [6, 6.07) is 8.15. The fourth-order valence-electron chi connectivity index (χ4n) is 1.42. The molecule has 0 aliphatic heterocycles. The highest BCUT2D eigenvalue weighted by molar-refractivity contribution is 7.14. The summed E-state index contributed by atoms with van der Waals surface area (Å²) < 4.78 is 0. The Hall–Kier alpha value is -1.48. The van der Waals surface area contributed by atoms with Gasteiger partial charge in [-0.3, -0.25) is 0 Å². The van der Waals surface area contributed by atoms with Crippen molar-refractivity contribution in [3.05, 3.63) is 40.8 Å². The van der Waals surface area contributed by atoms with Crippen molar-refractivity contribution in [1.82, 2.24) is 0 Å². The maximum absolute atomic E-state index is 5.93. The van der Waals surface area contributed by atoms with Gasteiger partial charge in [0.1, 0.15) is 0 Å². The molecule has 3 N–H and O–H groups in total. The first-order chi connectivity index (χ1) is 7.16. The number of hydrogen-bond donors (Lipinski definition) is 2. The van der Waals surface area contributed by atoms with Crippen molar-refractivity contribution in [2.45, 2.75) is 13.8 Å². The molecule has 0 radical (unpaired) electrons. The largest absolute Gasteiger partial charge is 0.397 e. The van der Waals surface area contributed by atoms with Gasteiger partial charge in [-0.15, -0.1) is 11.3 Å². The Morgan fingerprint density at radius 2 is 2.00 bits per heavy atom. The summed E-state index contributed by atoms with van der Waals surface area (Å²) in [5, 5.41) is 6.57. The van der Waals surface area contributed by atoms with Crippen molar-refractivity contribution in [2.24, 2.45) is 0 Å². The fraction of sp³-hybridized carbons (Fsp3) is 0.167. The van der Waals surface area contributed by atoms with Crippen LogP contribution >= 0.6 is 11.3 Å². The highest BCUT2D eigenvalue weighted by atomic mass is 32.1. The van der Waals surface area contributed by atoms with E-state index in [1.165, 1.54) is 11.1 Å². The molecule has 0 bridgehead atoms. The summed E-state index contributed by atoms with van der Waals surface area (Å²) >= 11 is 1.69. The summed E-state index contributed by atoms with van der Waals surface area (Å²) in [7, 11) is 0. The van der Waals surface area contributed by atoms with Crippen LogP contribution in [0.3, 0.4) is 0 Å².